The molecule has 12 heteroatoms. The van der Waals surface area contributed by atoms with E-state index in [1.54, 1.807) is 26.7 Å². The molecule has 2 aliphatic rings. The van der Waals surface area contributed by atoms with E-state index in [2.05, 4.69) is 10.2 Å². The molecule has 38 heavy (non-hydrogen) atoms. The summed E-state index contributed by atoms with van der Waals surface area (Å²) in [5, 5.41) is 9.43. The molecule has 2 aromatic heterocycles. The third-order valence-corrected chi connectivity index (χ3v) is 7.58. The minimum absolute atomic E-state index is 0.0257. The predicted octanol–water partition coefficient (Wildman–Crippen LogP) is 4.23. The highest BCUT2D eigenvalue weighted by Gasteiger charge is 2.51. The number of rotatable bonds is 5. The van der Waals surface area contributed by atoms with Crippen LogP contribution in [-0.4, -0.2) is 55.2 Å². The number of likely N-dealkylation sites (tertiary alicyclic amines) is 1. The second-order valence-electron chi connectivity index (χ2n) is 11.3. The normalized spacial score (nSPS) is 21.1. The molecule has 1 aromatic carbocycles. The van der Waals surface area contributed by atoms with Crippen LogP contribution in [0.3, 0.4) is 0 Å². The molecule has 1 aliphatic carbocycles. The summed E-state index contributed by atoms with van der Waals surface area (Å²) in [4.78, 5) is 26.6. The van der Waals surface area contributed by atoms with Crippen LogP contribution in [0.1, 0.15) is 62.0 Å². The zero-order valence-corrected chi connectivity index (χ0v) is 22.3. The molecule has 3 heterocycles. The average molecular weight is 544 g/mol. The molecule has 0 atom stereocenters. The predicted molar refractivity (Wildman–Crippen MR) is 140 cm³/mol. The van der Waals surface area contributed by atoms with Gasteiger partial charge in [0, 0.05) is 29.9 Å². The van der Waals surface area contributed by atoms with Crippen LogP contribution >= 0.6 is 11.6 Å². The molecular formula is C26H31ClFN7O3. The molecule has 202 valence electrons. The van der Waals surface area contributed by atoms with Crippen LogP contribution in [0.4, 0.5) is 15.0 Å². The number of carbonyl (C=O) groups is 2. The van der Waals surface area contributed by atoms with Crippen molar-refractivity contribution in [2.24, 2.45) is 11.1 Å². The fourth-order valence-corrected chi connectivity index (χ4v) is 5.62. The number of nitrogens with zero attached hydrogens (tertiary/aromatic N) is 5. The van der Waals surface area contributed by atoms with Gasteiger partial charge in [0.25, 0.3) is 5.91 Å². The summed E-state index contributed by atoms with van der Waals surface area (Å²) < 4.78 is 22.4. The van der Waals surface area contributed by atoms with E-state index in [0.29, 0.717) is 34.9 Å². The zero-order valence-electron chi connectivity index (χ0n) is 21.6. The standard InChI is InChI=1S/C26H31ClFN7O3/c1-25(2,3)38-24(37)33-7-6-26(14-33)9-18(10-26)35-22(29)20(23(30)36)21(32-35)16-11-31-34(13-16)12-15-8-17(28)4-5-19(15)27/h4-5,8,11,13,18H,6-7,9-10,12,14,29H2,1-3H3,(H2,30,36). The Labute approximate surface area is 224 Å². The van der Waals surface area contributed by atoms with Crippen LogP contribution in [0.15, 0.2) is 30.6 Å². The molecule has 1 spiro atoms. The summed E-state index contributed by atoms with van der Waals surface area (Å²) in [6, 6.07) is 4.11. The van der Waals surface area contributed by atoms with Crippen molar-refractivity contribution in [2.45, 2.75) is 58.2 Å². The van der Waals surface area contributed by atoms with Gasteiger partial charge in [-0.2, -0.15) is 10.2 Å². The molecular weight excluding hydrogens is 513 g/mol. The van der Waals surface area contributed by atoms with Crippen molar-refractivity contribution >= 4 is 29.4 Å². The number of anilines is 1. The summed E-state index contributed by atoms with van der Waals surface area (Å²) in [6.45, 7) is 7.05. The fraction of sp³-hybridized carbons (Fsp3) is 0.462. The van der Waals surface area contributed by atoms with Gasteiger partial charge in [0.1, 0.15) is 28.5 Å². The number of halogens is 2. The molecule has 1 saturated heterocycles. The molecule has 4 N–H and O–H groups in total. The molecule has 0 bridgehead atoms. The van der Waals surface area contributed by atoms with E-state index in [1.165, 1.54) is 18.2 Å². The first-order valence-electron chi connectivity index (χ1n) is 12.5. The smallest absolute Gasteiger partial charge is 0.410 e. The van der Waals surface area contributed by atoms with Gasteiger partial charge in [0.05, 0.1) is 18.8 Å². The van der Waals surface area contributed by atoms with Crippen molar-refractivity contribution in [1.82, 2.24) is 24.5 Å². The Balaban J connectivity index is 1.33. The first-order chi connectivity index (χ1) is 17.8. The van der Waals surface area contributed by atoms with E-state index in [9.17, 15) is 14.0 Å². The number of ether oxygens (including phenoxy) is 1. The second-order valence-corrected chi connectivity index (χ2v) is 11.7. The monoisotopic (exact) mass is 543 g/mol. The van der Waals surface area contributed by atoms with Crippen molar-refractivity contribution in [3.05, 3.63) is 52.6 Å². The molecule has 10 nitrogen and oxygen atoms in total. The Morgan fingerprint density at radius 3 is 2.71 bits per heavy atom. The fourth-order valence-electron chi connectivity index (χ4n) is 5.45. The first kappa shape index (κ1) is 26.0. The Kier molecular flexibility index (Phi) is 6.37. The Morgan fingerprint density at radius 2 is 2.03 bits per heavy atom. The van der Waals surface area contributed by atoms with Gasteiger partial charge in [-0.15, -0.1) is 0 Å². The Hall–Kier alpha value is -3.60. The number of primary amides is 1. The molecule has 0 radical (unpaired) electrons. The summed E-state index contributed by atoms with van der Waals surface area (Å²) in [7, 11) is 0. The Morgan fingerprint density at radius 1 is 1.29 bits per heavy atom. The number of hydrogen-bond acceptors (Lipinski definition) is 6. The molecule has 0 unspecified atom stereocenters. The highest BCUT2D eigenvalue weighted by atomic mass is 35.5. The lowest BCUT2D eigenvalue weighted by molar-refractivity contribution is 0.0187. The summed E-state index contributed by atoms with van der Waals surface area (Å²) >= 11 is 6.19. The lowest BCUT2D eigenvalue weighted by atomic mass is 9.65. The van der Waals surface area contributed by atoms with Crippen LogP contribution in [-0.2, 0) is 11.3 Å². The van der Waals surface area contributed by atoms with Crippen molar-refractivity contribution in [3.63, 3.8) is 0 Å². The van der Waals surface area contributed by atoms with E-state index < -0.39 is 17.3 Å². The second kappa shape index (κ2) is 9.30. The van der Waals surface area contributed by atoms with Gasteiger partial charge in [0.15, 0.2) is 0 Å². The SMILES string of the molecule is CC(C)(C)OC(=O)N1CCC2(CC(n3nc(-c4cnn(Cc5cc(F)ccc5Cl)c4)c(C(N)=O)c3N)C2)C1. The van der Waals surface area contributed by atoms with Crippen LogP contribution in [0.2, 0.25) is 5.02 Å². The molecule has 3 aromatic rings. The summed E-state index contributed by atoms with van der Waals surface area (Å²) in [5.41, 5.74) is 13.1. The van der Waals surface area contributed by atoms with Crippen molar-refractivity contribution in [3.8, 4) is 11.3 Å². The molecule has 1 aliphatic heterocycles. The van der Waals surface area contributed by atoms with Crippen LogP contribution in [0.5, 0.6) is 0 Å². The third-order valence-electron chi connectivity index (χ3n) is 7.21. The minimum atomic E-state index is -0.685. The number of nitrogens with two attached hydrogens (primary N) is 2. The van der Waals surface area contributed by atoms with Gasteiger partial charge in [-0.05, 0) is 69.2 Å². The molecule has 5 rings (SSSR count). The van der Waals surface area contributed by atoms with E-state index in [1.807, 2.05) is 20.8 Å². The molecule has 2 amide bonds. The van der Waals surface area contributed by atoms with E-state index in [0.717, 1.165) is 19.3 Å². The Bertz CT molecular complexity index is 1400. The van der Waals surface area contributed by atoms with E-state index in [4.69, 9.17) is 27.8 Å². The van der Waals surface area contributed by atoms with E-state index >= 15 is 0 Å². The van der Waals surface area contributed by atoms with Gasteiger partial charge in [-0.1, -0.05) is 11.6 Å². The number of hydrogen-bond donors (Lipinski definition) is 2. The summed E-state index contributed by atoms with van der Waals surface area (Å²) in [6.07, 6.45) is 5.36. The average Bonchev–Trinajstić information content (AvgIpc) is 3.51. The minimum Gasteiger partial charge on any atom is -0.444 e. The number of carbonyl (C=O) groups excluding carboxylic acids is 2. The number of benzene rings is 1. The maximum atomic E-state index is 13.7. The van der Waals surface area contributed by atoms with Gasteiger partial charge in [-0.25, -0.2) is 13.9 Å². The van der Waals surface area contributed by atoms with E-state index in [-0.39, 0.29) is 35.5 Å². The van der Waals surface area contributed by atoms with Crippen LogP contribution < -0.4 is 11.5 Å². The highest BCUT2D eigenvalue weighted by molar-refractivity contribution is 6.31. The first-order valence-corrected chi connectivity index (χ1v) is 12.8. The van der Waals surface area contributed by atoms with Crippen molar-refractivity contribution in [2.75, 3.05) is 18.8 Å². The van der Waals surface area contributed by atoms with Gasteiger partial charge in [0.2, 0.25) is 0 Å². The lowest BCUT2D eigenvalue weighted by Crippen LogP contribution is -2.43. The number of nitrogen functional groups attached to an aromatic ring is 1. The van der Waals surface area contributed by atoms with Crippen molar-refractivity contribution < 1.29 is 18.7 Å². The van der Waals surface area contributed by atoms with Crippen molar-refractivity contribution in [1.29, 1.82) is 0 Å². The van der Waals surface area contributed by atoms with Crippen LogP contribution in [0.25, 0.3) is 11.3 Å². The van der Waals surface area contributed by atoms with Gasteiger partial charge >= 0.3 is 6.09 Å². The quantitative estimate of drug-likeness (QED) is 0.494. The van der Waals surface area contributed by atoms with Gasteiger partial charge < -0.3 is 21.1 Å². The highest BCUT2D eigenvalue weighted by Crippen LogP contribution is 2.55. The topological polar surface area (TPSA) is 134 Å². The maximum absolute atomic E-state index is 13.7. The third kappa shape index (κ3) is 4.94. The molecule has 1 saturated carbocycles. The van der Waals surface area contributed by atoms with Gasteiger partial charge in [-0.3, -0.25) is 9.48 Å². The van der Waals surface area contributed by atoms with Crippen LogP contribution in [0, 0.1) is 11.2 Å². The largest absolute Gasteiger partial charge is 0.444 e. The zero-order chi connectivity index (χ0) is 27.4. The molecule has 2 fully saturated rings. The number of amides is 2. The maximum Gasteiger partial charge on any atom is 0.410 e. The lowest BCUT2D eigenvalue weighted by Gasteiger charge is -2.45. The summed E-state index contributed by atoms with van der Waals surface area (Å²) in [5.74, 6) is -0.875. The number of aromatic nitrogens is 4.